The van der Waals surface area contributed by atoms with Crippen LogP contribution < -0.4 is 0 Å². The highest BCUT2D eigenvalue weighted by atomic mass is 16.4. The van der Waals surface area contributed by atoms with Gasteiger partial charge in [-0.2, -0.15) is 0 Å². The van der Waals surface area contributed by atoms with E-state index in [0.29, 0.717) is 18.4 Å². The molecule has 2 aliphatic heterocycles. The Labute approximate surface area is 90.9 Å². The predicted molar refractivity (Wildman–Crippen MR) is 57.8 cm³/mol. The van der Waals surface area contributed by atoms with Crippen molar-refractivity contribution in [2.75, 3.05) is 33.2 Å². The Morgan fingerprint density at radius 1 is 1.33 bits per heavy atom. The van der Waals surface area contributed by atoms with E-state index in [1.54, 1.807) is 0 Å². The second-order valence-corrected chi connectivity index (χ2v) is 4.95. The molecule has 2 heterocycles. The molecule has 0 aromatic heterocycles. The fourth-order valence-electron chi connectivity index (χ4n) is 2.64. The predicted octanol–water partition coefficient (Wildman–Crippen LogP) is 0.487. The van der Waals surface area contributed by atoms with Crippen LogP contribution in [0.5, 0.6) is 0 Å². The first-order valence-corrected chi connectivity index (χ1v) is 5.79. The van der Waals surface area contributed by atoms with Crippen molar-refractivity contribution in [1.82, 2.24) is 9.80 Å². The zero-order valence-electron chi connectivity index (χ0n) is 9.35. The van der Waals surface area contributed by atoms with Crippen LogP contribution in [-0.2, 0) is 4.79 Å². The lowest BCUT2D eigenvalue weighted by Crippen LogP contribution is -2.55. The summed E-state index contributed by atoms with van der Waals surface area (Å²) in [7, 11) is 2.17. The van der Waals surface area contributed by atoms with Crippen molar-refractivity contribution in [3.63, 3.8) is 0 Å². The van der Waals surface area contributed by atoms with Gasteiger partial charge in [-0.25, -0.2) is 0 Å². The van der Waals surface area contributed by atoms with Crippen molar-refractivity contribution in [1.29, 1.82) is 0 Å². The van der Waals surface area contributed by atoms with Gasteiger partial charge in [-0.15, -0.1) is 0 Å². The lowest BCUT2D eigenvalue weighted by atomic mass is 9.91. The summed E-state index contributed by atoms with van der Waals surface area (Å²) in [6.45, 7) is 4.37. The number of carboxylic acids is 1. The molecule has 2 saturated heterocycles. The Kier molecular flexibility index (Phi) is 3.26. The van der Waals surface area contributed by atoms with Gasteiger partial charge in [-0.1, -0.05) is 0 Å². The van der Waals surface area contributed by atoms with Crippen molar-refractivity contribution in [3.05, 3.63) is 0 Å². The molecule has 2 fully saturated rings. The molecule has 0 aromatic carbocycles. The standard InChI is InChI=1S/C11H20N2O2/c1-12-4-2-10(3-5-12)13-7-9(8-13)6-11(14)15/h9-10H,2-8H2,1H3,(H,14,15). The topological polar surface area (TPSA) is 43.8 Å². The lowest BCUT2D eigenvalue weighted by Gasteiger charge is -2.46. The monoisotopic (exact) mass is 212 g/mol. The molecule has 0 bridgehead atoms. The molecule has 15 heavy (non-hydrogen) atoms. The van der Waals surface area contributed by atoms with Crippen LogP contribution in [0.3, 0.4) is 0 Å². The number of aliphatic carboxylic acids is 1. The summed E-state index contributed by atoms with van der Waals surface area (Å²) >= 11 is 0. The van der Waals surface area contributed by atoms with Crippen molar-refractivity contribution in [2.24, 2.45) is 5.92 Å². The SMILES string of the molecule is CN1CCC(N2CC(CC(=O)O)C2)CC1. The summed E-state index contributed by atoms with van der Waals surface area (Å²) in [6, 6.07) is 0.714. The first kappa shape index (κ1) is 10.9. The van der Waals surface area contributed by atoms with Crippen LogP contribution in [-0.4, -0.2) is 60.1 Å². The van der Waals surface area contributed by atoms with E-state index in [2.05, 4.69) is 16.8 Å². The van der Waals surface area contributed by atoms with Gasteiger partial charge in [-0.3, -0.25) is 9.69 Å². The third kappa shape index (κ3) is 2.69. The van der Waals surface area contributed by atoms with Crippen molar-refractivity contribution in [3.8, 4) is 0 Å². The Morgan fingerprint density at radius 3 is 2.47 bits per heavy atom. The summed E-state index contributed by atoms with van der Waals surface area (Å²) in [4.78, 5) is 15.3. The molecule has 4 nitrogen and oxygen atoms in total. The smallest absolute Gasteiger partial charge is 0.303 e. The normalized spacial score (nSPS) is 26.5. The second kappa shape index (κ2) is 4.49. The maximum absolute atomic E-state index is 10.5. The van der Waals surface area contributed by atoms with Crippen LogP contribution in [0.25, 0.3) is 0 Å². The molecule has 4 heteroatoms. The first-order valence-electron chi connectivity index (χ1n) is 5.79. The molecule has 86 valence electrons. The third-order valence-corrected chi connectivity index (χ3v) is 3.65. The Hall–Kier alpha value is -0.610. The minimum absolute atomic E-state index is 0.350. The molecule has 0 spiro atoms. The number of carbonyl (C=O) groups is 1. The van der Waals surface area contributed by atoms with E-state index < -0.39 is 5.97 Å². The van der Waals surface area contributed by atoms with E-state index in [-0.39, 0.29) is 0 Å². The van der Waals surface area contributed by atoms with Gasteiger partial charge < -0.3 is 10.0 Å². The number of nitrogens with zero attached hydrogens (tertiary/aromatic N) is 2. The Balaban J connectivity index is 1.68. The van der Waals surface area contributed by atoms with Gasteiger partial charge in [0.2, 0.25) is 0 Å². The molecule has 0 saturated carbocycles. The zero-order chi connectivity index (χ0) is 10.8. The molecule has 0 aromatic rings. The van der Waals surface area contributed by atoms with E-state index in [4.69, 9.17) is 5.11 Å². The fourth-order valence-corrected chi connectivity index (χ4v) is 2.64. The van der Waals surface area contributed by atoms with E-state index in [1.807, 2.05) is 0 Å². The van der Waals surface area contributed by atoms with Gasteiger partial charge in [0.15, 0.2) is 0 Å². The number of piperidine rings is 1. The van der Waals surface area contributed by atoms with E-state index in [0.717, 1.165) is 13.1 Å². The molecule has 1 N–H and O–H groups in total. The van der Waals surface area contributed by atoms with E-state index in [1.165, 1.54) is 25.9 Å². The summed E-state index contributed by atoms with van der Waals surface area (Å²) in [6.07, 6.45) is 2.84. The zero-order valence-corrected chi connectivity index (χ0v) is 9.35. The quantitative estimate of drug-likeness (QED) is 0.739. The van der Waals surface area contributed by atoms with Crippen molar-refractivity contribution in [2.45, 2.75) is 25.3 Å². The van der Waals surface area contributed by atoms with Gasteiger partial charge in [0.05, 0.1) is 6.42 Å². The lowest BCUT2D eigenvalue weighted by molar-refractivity contribution is -0.140. The van der Waals surface area contributed by atoms with E-state index in [9.17, 15) is 4.79 Å². The van der Waals surface area contributed by atoms with Gasteiger partial charge in [0.25, 0.3) is 0 Å². The summed E-state index contributed by atoms with van der Waals surface area (Å²) in [5.74, 6) is -0.245. The summed E-state index contributed by atoms with van der Waals surface area (Å²) in [5, 5.41) is 8.66. The fraction of sp³-hybridized carbons (Fsp3) is 0.909. The number of hydrogen-bond donors (Lipinski definition) is 1. The van der Waals surface area contributed by atoms with Crippen LogP contribution in [0.2, 0.25) is 0 Å². The molecule has 0 atom stereocenters. The summed E-state index contributed by atoms with van der Waals surface area (Å²) < 4.78 is 0. The van der Waals surface area contributed by atoms with Gasteiger partial charge in [0, 0.05) is 19.1 Å². The molecule has 0 amide bonds. The van der Waals surface area contributed by atoms with Crippen LogP contribution in [0, 0.1) is 5.92 Å². The Bertz CT molecular complexity index is 231. The number of rotatable bonds is 3. The van der Waals surface area contributed by atoms with Crippen LogP contribution in [0.4, 0.5) is 0 Å². The average Bonchev–Trinajstić information content (AvgIpc) is 2.12. The van der Waals surface area contributed by atoms with Gasteiger partial charge in [0.1, 0.15) is 0 Å². The van der Waals surface area contributed by atoms with Gasteiger partial charge in [-0.05, 0) is 38.9 Å². The number of carboxylic acid groups (broad SMARTS) is 1. The average molecular weight is 212 g/mol. The third-order valence-electron chi connectivity index (χ3n) is 3.65. The van der Waals surface area contributed by atoms with E-state index >= 15 is 0 Å². The Morgan fingerprint density at radius 2 is 1.93 bits per heavy atom. The minimum Gasteiger partial charge on any atom is -0.481 e. The molecular weight excluding hydrogens is 192 g/mol. The summed E-state index contributed by atoms with van der Waals surface area (Å²) in [5.41, 5.74) is 0. The molecular formula is C11H20N2O2. The van der Waals surface area contributed by atoms with Crippen LogP contribution >= 0.6 is 0 Å². The largest absolute Gasteiger partial charge is 0.481 e. The number of hydrogen-bond acceptors (Lipinski definition) is 3. The highest BCUT2D eigenvalue weighted by Gasteiger charge is 2.34. The molecule has 0 aliphatic carbocycles. The number of likely N-dealkylation sites (tertiary alicyclic amines) is 2. The minimum atomic E-state index is -0.650. The maximum atomic E-state index is 10.5. The molecule has 2 rings (SSSR count). The molecule has 0 radical (unpaired) electrons. The first-order chi connectivity index (χ1) is 7.15. The molecule has 0 unspecified atom stereocenters. The van der Waals surface area contributed by atoms with Gasteiger partial charge >= 0.3 is 5.97 Å². The molecule has 2 aliphatic rings. The highest BCUT2D eigenvalue weighted by molar-refractivity contribution is 5.67. The van der Waals surface area contributed by atoms with Crippen LogP contribution in [0.1, 0.15) is 19.3 Å². The van der Waals surface area contributed by atoms with Crippen molar-refractivity contribution >= 4 is 5.97 Å². The van der Waals surface area contributed by atoms with Crippen molar-refractivity contribution < 1.29 is 9.90 Å². The second-order valence-electron chi connectivity index (χ2n) is 4.95. The highest BCUT2D eigenvalue weighted by Crippen LogP contribution is 2.26. The maximum Gasteiger partial charge on any atom is 0.303 e. The van der Waals surface area contributed by atoms with Crippen LogP contribution in [0.15, 0.2) is 0 Å².